The van der Waals surface area contributed by atoms with E-state index in [1.165, 1.54) is 33.4 Å². The molecule has 2 heteroatoms. The molecule has 0 fully saturated rings. The number of hydrogen-bond donors (Lipinski definition) is 1. The Hall–Kier alpha value is -1.31. The van der Waals surface area contributed by atoms with E-state index in [4.69, 9.17) is 11.6 Å². The molecule has 21 heavy (non-hydrogen) atoms. The van der Waals surface area contributed by atoms with Crippen molar-refractivity contribution in [1.82, 2.24) is 5.32 Å². The summed E-state index contributed by atoms with van der Waals surface area (Å²) >= 11 is 6.56. The van der Waals surface area contributed by atoms with Gasteiger partial charge in [0.1, 0.15) is 0 Å². The molecule has 0 unspecified atom stereocenters. The minimum Gasteiger partial charge on any atom is -0.313 e. The van der Waals surface area contributed by atoms with E-state index >= 15 is 0 Å². The van der Waals surface area contributed by atoms with Crippen molar-refractivity contribution in [2.45, 2.75) is 41.2 Å². The molecule has 0 amide bonds. The summed E-state index contributed by atoms with van der Waals surface area (Å²) in [6.07, 6.45) is 0. The summed E-state index contributed by atoms with van der Waals surface area (Å²) in [4.78, 5) is 0. The molecule has 2 aromatic carbocycles. The Morgan fingerprint density at radius 3 is 2.10 bits per heavy atom. The van der Waals surface area contributed by atoms with Crippen LogP contribution in [-0.2, 0) is 6.54 Å². The monoisotopic (exact) mass is 301 g/mol. The maximum absolute atomic E-state index is 6.56. The molecule has 0 aliphatic heterocycles. The first kappa shape index (κ1) is 16.1. The Kier molecular flexibility index (Phi) is 5.08. The fraction of sp³-hybridized carbons (Fsp3) is 0.368. The SMILES string of the molecule is CCNCc1ccc(-c2c(C)c(C)cc(C)c2C)c(Cl)c1. The van der Waals surface area contributed by atoms with Gasteiger partial charge in [0.25, 0.3) is 0 Å². The third-order valence-electron chi connectivity index (χ3n) is 4.25. The van der Waals surface area contributed by atoms with Crippen LogP contribution in [0.25, 0.3) is 11.1 Å². The van der Waals surface area contributed by atoms with E-state index < -0.39 is 0 Å². The van der Waals surface area contributed by atoms with Crippen LogP contribution < -0.4 is 5.32 Å². The summed E-state index contributed by atoms with van der Waals surface area (Å²) in [6, 6.07) is 8.65. The zero-order valence-corrected chi connectivity index (χ0v) is 14.4. The van der Waals surface area contributed by atoms with E-state index in [1.54, 1.807) is 0 Å². The van der Waals surface area contributed by atoms with E-state index in [0.717, 1.165) is 23.7 Å². The van der Waals surface area contributed by atoms with Crippen molar-refractivity contribution in [2.75, 3.05) is 6.54 Å². The lowest BCUT2D eigenvalue weighted by Crippen LogP contribution is -2.11. The molecule has 1 nitrogen and oxygen atoms in total. The third kappa shape index (κ3) is 3.30. The molecule has 0 saturated carbocycles. The molecule has 0 aliphatic carbocycles. The second-order valence-electron chi connectivity index (χ2n) is 5.73. The Balaban J connectivity index is 2.53. The average Bonchev–Trinajstić information content (AvgIpc) is 2.45. The number of nitrogens with one attached hydrogen (secondary N) is 1. The summed E-state index contributed by atoms with van der Waals surface area (Å²) in [5.41, 5.74) is 8.93. The van der Waals surface area contributed by atoms with E-state index in [-0.39, 0.29) is 0 Å². The van der Waals surface area contributed by atoms with Gasteiger partial charge in [0.15, 0.2) is 0 Å². The quantitative estimate of drug-likeness (QED) is 0.802. The first-order chi connectivity index (χ1) is 9.95. The molecule has 0 aromatic heterocycles. The highest BCUT2D eigenvalue weighted by Gasteiger charge is 2.13. The molecule has 0 saturated heterocycles. The Labute approximate surface area is 133 Å². The molecular formula is C19H24ClN. The van der Waals surface area contributed by atoms with Crippen LogP contribution in [0.5, 0.6) is 0 Å². The summed E-state index contributed by atoms with van der Waals surface area (Å²) in [5, 5.41) is 4.17. The maximum atomic E-state index is 6.56. The van der Waals surface area contributed by atoms with Crippen LogP contribution >= 0.6 is 11.6 Å². The highest BCUT2D eigenvalue weighted by molar-refractivity contribution is 6.33. The molecule has 0 heterocycles. The summed E-state index contributed by atoms with van der Waals surface area (Å²) < 4.78 is 0. The molecular weight excluding hydrogens is 278 g/mol. The van der Waals surface area contributed by atoms with Gasteiger partial charge in [-0.15, -0.1) is 0 Å². The van der Waals surface area contributed by atoms with Gasteiger partial charge >= 0.3 is 0 Å². The van der Waals surface area contributed by atoms with Crippen molar-refractivity contribution in [3.05, 3.63) is 57.1 Å². The Morgan fingerprint density at radius 1 is 0.952 bits per heavy atom. The normalized spacial score (nSPS) is 11.0. The van der Waals surface area contributed by atoms with Crippen LogP contribution in [0.2, 0.25) is 5.02 Å². The summed E-state index contributed by atoms with van der Waals surface area (Å²) in [5.74, 6) is 0. The van der Waals surface area contributed by atoms with Crippen molar-refractivity contribution in [3.63, 3.8) is 0 Å². The van der Waals surface area contributed by atoms with Crippen molar-refractivity contribution in [2.24, 2.45) is 0 Å². The lowest BCUT2D eigenvalue weighted by atomic mass is 9.89. The van der Waals surface area contributed by atoms with Gasteiger partial charge in [-0.2, -0.15) is 0 Å². The highest BCUT2D eigenvalue weighted by Crippen LogP contribution is 2.36. The third-order valence-corrected chi connectivity index (χ3v) is 4.56. The minimum absolute atomic E-state index is 0.835. The van der Waals surface area contributed by atoms with Crippen molar-refractivity contribution >= 4 is 11.6 Å². The topological polar surface area (TPSA) is 12.0 Å². The van der Waals surface area contributed by atoms with Crippen LogP contribution in [0.3, 0.4) is 0 Å². The molecule has 0 atom stereocenters. The first-order valence-electron chi connectivity index (χ1n) is 7.52. The number of aryl methyl sites for hydroxylation is 2. The lowest BCUT2D eigenvalue weighted by Gasteiger charge is -2.17. The molecule has 1 N–H and O–H groups in total. The minimum atomic E-state index is 0.835. The van der Waals surface area contributed by atoms with E-state index in [0.29, 0.717) is 0 Å². The summed E-state index contributed by atoms with van der Waals surface area (Å²) in [7, 11) is 0. The van der Waals surface area contributed by atoms with Gasteiger partial charge in [-0.25, -0.2) is 0 Å². The van der Waals surface area contributed by atoms with E-state index in [9.17, 15) is 0 Å². The summed E-state index contributed by atoms with van der Waals surface area (Å²) in [6.45, 7) is 12.6. The van der Waals surface area contributed by atoms with Gasteiger partial charge in [0, 0.05) is 17.1 Å². The molecule has 0 spiro atoms. The second-order valence-corrected chi connectivity index (χ2v) is 6.14. The number of halogens is 1. The Morgan fingerprint density at radius 2 is 1.57 bits per heavy atom. The molecule has 0 radical (unpaired) electrons. The van der Waals surface area contributed by atoms with Crippen molar-refractivity contribution < 1.29 is 0 Å². The number of benzene rings is 2. The second kappa shape index (κ2) is 6.64. The van der Waals surface area contributed by atoms with Gasteiger partial charge in [-0.05, 0) is 73.7 Å². The average molecular weight is 302 g/mol. The van der Waals surface area contributed by atoms with Crippen molar-refractivity contribution in [3.8, 4) is 11.1 Å². The van der Waals surface area contributed by atoms with Crippen LogP contribution in [0, 0.1) is 27.7 Å². The number of hydrogen-bond acceptors (Lipinski definition) is 1. The van der Waals surface area contributed by atoms with Gasteiger partial charge in [0.05, 0.1) is 0 Å². The van der Waals surface area contributed by atoms with Gasteiger partial charge < -0.3 is 5.32 Å². The smallest absolute Gasteiger partial charge is 0.0487 e. The standard InChI is InChI=1S/C19H24ClN/c1-6-21-11-16-7-8-17(18(20)10-16)19-14(4)12(2)9-13(3)15(19)5/h7-10,21H,6,11H2,1-5H3. The molecule has 2 rings (SSSR count). The van der Waals surface area contributed by atoms with E-state index in [1.807, 2.05) is 0 Å². The zero-order chi connectivity index (χ0) is 15.6. The molecule has 112 valence electrons. The fourth-order valence-electron chi connectivity index (χ4n) is 2.76. The van der Waals surface area contributed by atoms with Crippen LogP contribution in [0.4, 0.5) is 0 Å². The molecule has 0 aliphatic rings. The largest absolute Gasteiger partial charge is 0.313 e. The first-order valence-corrected chi connectivity index (χ1v) is 7.90. The number of rotatable bonds is 4. The highest BCUT2D eigenvalue weighted by atomic mass is 35.5. The predicted molar refractivity (Wildman–Crippen MR) is 93.2 cm³/mol. The zero-order valence-electron chi connectivity index (χ0n) is 13.6. The van der Waals surface area contributed by atoms with Gasteiger partial charge in [0.2, 0.25) is 0 Å². The molecule has 2 aromatic rings. The van der Waals surface area contributed by atoms with E-state index in [2.05, 4.69) is 64.2 Å². The maximum Gasteiger partial charge on any atom is 0.0487 e. The van der Waals surface area contributed by atoms with Gasteiger partial charge in [-0.1, -0.05) is 36.7 Å². The van der Waals surface area contributed by atoms with Crippen LogP contribution in [-0.4, -0.2) is 6.54 Å². The van der Waals surface area contributed by atoms with Gasteiger partial charge in [-0.3, -0.25) is 0 Å². The fourth-order valence-corrected chi connectivity index (χ4v) is 3.06. The van der Waals surface area contributed by atoms with Crippen LogP contribution in [0.15, 0.2) is 24.3 Å². The Bertz CT molecular complexity index is 633. The lowest BCUT2D eigenvalue weighted by molar-refractivity contribution is 0.727. The van der Waals surface area contributed by atoms with Crippen LogP contribution in [0.1, 0.15) is 34.7 Å². The van der Waals surface area contributed by atoms with Crippen molar-refractivity contribution in [1.29, 1.82) is 0 Å². The predicted octanol–water partition coefficient (Wildman–Crippen LogP) is 5.35. The molecule has 0 bridgehead atoms.